The fraction of sp³-hybridized carbons (Fsp3) is 0.929. The van der Waals surface area contributed by atoms with E-state index in [0.29, 0.717) is 0 Å². The lowest BCUT2D eigenvalue weighted by molar-refractivity contribution is -0.176. The molecule has 0 bridgehead atoms. The molecule has 2 aliphatic rings. The summed E-state index contributed by atoms with van der Waals surface area (Å²) in [7, 11) is 0. The van der Waals surface area contributed by atoms with Gasteiger partial charge in [-0.05, 0) is 31.1 Å². The second kappa shape index (κ2) is 6.33. The Hall–Kier alpha value is -0.780. The zero-order valence-corrected chi connectivity index (χ0v) is 11.6. The van der Waals surface area contributed by atoms with Crippen molar-refractivity contribution in [2.24, 2.45) is 5.41 Å². The van der Waals surface area contributed by atoms with Crippen molar-refractivity contribution in [3.63, 3.8) is 0 Å². The van der Waals surface area contributed by atoms with E-state index in [2.05, 4.69) is 10.1 Å². The molecule has 1 unspecified atom stereocenters. The number of rotatable bonds is 4. The molecule has 0 aromatic rings. The number of alkyl halides is 3. The molecule has 116 valence electrons. The van der Waals surface area contributed by atoms with E-state index in [0.717, 1.165) is 32.1 Å². The SMILES string of the molecule is O=C(COCC(F)(F)F)NC1CCCCC12CCCC2. The molecule has 6 heteroatoms. The minimum atomic E-state index is -4.38. The normalized spacial score (nSPS) is 25.9. The van der Waals surface area contributed by atoms with E-state index in [9.17, 15) is 18.0 Å². The summed E-state index contributed by atoms with van der Waals surface area (Å²) in [6.07, 6.45) is 4.59. The highest BCUT2D eigenvalue weighted by molar-refractivity contribution is 5.77. The van der Waals surface area contributed by atoms with Crippen LogP contribution in [0.5, 0.6) is 0 Å². The van der Waals surface area contributed by atoms with E-state index in [1.54, 1.807) is 0 Å². The molecule has 0 heterocycles. The molecule has 1 spiro atoms. The monoisotopic (exact) mass is 293 g/mol. The van der Waals surface area contributed by atoms with Crippen LogP contribution in [0.1, 0.15) is 51.4 Å². The lowest BCUT2D eigenvalue weighted by Gasteiger charge is -2.42. The Morgan fingerprint density at radius 2 is 1.75 bits per heavy atom. The summed E-state index contributed by atoms with van der Waals surface area (Å²) in [5.41, 5.74) is 0.192. The van der Waals surface area contributed by atoms with Crippen LogP contribution in [0.3, 0.4) is 0 Å². The molecule has 0 saturated heterocycles. The molecule has 2 rings (SSSR count). The van der Waals surface area contributed by atoms with Gasteiger partial charge < -0.3 is 10.1 Å². The molecule has 0 aromatic carbocycles. The third-order valence-electron chi connectivity index (χ3n) is 4.59. The number of hydrogen-bond donors (Lipinski definition) is 1. The smallest absolute Gasteiger partial charge is 0.362 e. The Kier molecular flexibility index (Phi) is 4.94. The van der Waals surface area contributed by atoms with Crippen LogP contribution in [-0.4, -0.2) is 31.3 Å². The van der Waals surface area contributed by atoms with Crippen LogP contribution in [0.2, 0.25) is 0 Å². The van der Waals surface area contributed by atoms with Crippen molar-refractivity contribution in [1.82, 2.24) is 5.32 Å². The fourth-order valence-electron chi connectivity index (χ4n) is 3.70. The van der Waals surface area contributed by atoms with Gasteiger partial charge in [-0.3, -0.25) is 4.79 Å². The van der Waals surface area contributed by atoms with Crippen LogP contribution >= 0.6 is 0 Å². The van der Waals surface area contributed by atoms with Crippen molar-refractivity contribution in [1.29, 1.82) is 0 Å². The van der Waals surface area contributed by atoms with Crippen molar-refractivity contribution in [2.75, 3.05) is 13.2 Å². The van der Waals surface area contributed by atoms with Crippen LogP contribution in [0.15, 0.2) is 0 Å². The van der Waals surface area contributed by atoms with Gasteiger partial charge in [-0.25, -0.2) is 0 Å². The third kappa shape index (κ3) is 4.11. The summed E-state index contributed by atoms with van der Waals surface area (Å²) >= 11 is 0. The molecule has 20 heavy (non-hydrogen) atoms. The number of hydrogen-bond acceptors (Lipinski definition) is 2. The van der Waals surface area contributed by atoms with E-state index in [-0.39, 0.29) is 11.5 Å². The number of carbonyl (C=O) groups is 1. The van der Waals surface area contributed by atoms with E-state index < -0.39 is 25.3 Å². The average Bonchev–Trinajstić information content (AvgIpc) is 2.80. The van der Waals surface area contributed by atoms with E-state index in [1.165, 1.54) is 19.3 Å². The topological polar surface area (TPSA) is 38.3 Å². The van der Waals surface area contributed by atoms with Gasteiger partial charge in [-0.15, -0.1) is 0 Å². The largest absolute Gasteiger partial charge is 0.411 e. The number of halogens is 3. The molecular weight excluding hydrogens is 271 g/mol. The van der Waals surface area contributed by atoms with Gasteiger partial charge in [0.05, 0.1) is 0 Å². The highest BCUT2D eigenvalue weighted by Crippen LogP contribution is 2.48. The predicted octanol–water partition coefficient (Wildman–Crippen LogP) is 3.18. The molecular formula is C14H22F3NO2. The molecule has 1 N–H and O–H groups in total. The number of nitrogens with one attached hydrogen (secondary N) is 1. The molecule has 3 nitrogen and oxygen atoms in total. The summed E-state index contributed by atoms with van der Waals surface area (Å²) in [4.78, 5) is 11.7. The maximum Gasteiger partial charge on any atom is 0.411 e. The summed E-state index contributed by atoms with van der Waals surface area (Å²) in [6, 6.07) is 0.112. The first-order valence-corrected chi connectivity index (χ1v) is 7.35. The highest BCUT2D eigenvalue weighted by Gasteiger charge is 2.43. The van der Waals surface area contributed by atoms with Crippen LogP contribution in [0, 0.1) is 5.41 Å². The van der Waals surface area contributed by atoms with Crippen LogP contribution < -0.4 is 5.32 Å². The first kappa shape index (κ1) is 15.6. The molecule has 2 saturated carbocycles. The molecule has 1 amide bonds. The molecule has 0 aliphatic heterocycles. The van der Waals surface area contributed by atoms with E-state index >= 15 is 0 Å². The van der Waals surface area contributed by atoms with Crippen LogP contribution in [0.25, 0.3) is 0 Å². The predicted molar refractivity (Wildman–Crippen MR) is 68.2 cm³/mol. The van der Waals surface area contributed by atoms with E-state index in [1.807, 2.05) is 0 Å². The van der Waals surface area contributed by atoms with Gasteiger partial charge in [0.1, 0.15) is 13.2 Å². The highest BCUT2D eigenvalue weighted by atomic mass is 19.4. The first-order chi connectivity index (χ1) is 9.41. The zero-order valence-electron chi connectivity index (χ0n) is 11.6. The lowest BCUT2D eigenvalue weighted by Crippen LogP contribution is -2.49. The van der Waals surface area contributed by atoms with Gasteiger partial charge in [0.15, 0.2) is 0 Å². The van der Waals surface area contributed by atoms with Crippen LogP contribution in [-0.2, 0) is 9.53 Å². The minimum absolute atomic E-state index is 0.112. The summed E-state index contributed by atoms with van der Waals surface area (Å²) in [6.45, 7) is -1.87. The summed E-state index contributed by atoms with van der Waals surface area (Å²) in [5.74, 6) is -0.424. The van der Waals surface area contributed by atoms with Crippen molar-refractivity contribution < 1.29 is 22.7 Å². The fourth-order valence-corrected chi connectivity index (χ4v) is 3.70. The van der Waals surface area contributed by atoms with Gasteiger partial charge >= 0.3 is 6.18 Å². The van der Waals surface area contributed by atoms with E-state index in [4.69, 9.17) is 0 Å². The average molecular weight is 293 g/mol. The standard InChI is InChI=1S/C14H22F3NO2/c15-14(16,17)10-20-9-12(19)18-11-5-1-2-6-13(11)7-3-4-8-13/h11H,1-10H2,(H,18,19). The number of carbonyl (C=O) groups excluding carboxylic acids is 1. The molecule has 0 radical (unpaired) electrons. The summed E-state index contributed by atoms with van der Waals surface area (Å²) < 4.78 is 40.3. The van der Waals surface area contributed by atoms with Crippen LogP contribution in [0.4, 0.5) is 13.2 Å². The Balaban J connectivity index is 1.80. The molecule has 2 fully saturated rings. The molecule has 0 aromatic heterocycles. The van der Waals surface area contributed by atoms with Gasteiger partial charge in [-0.2, -0.15) is 13.2 Å². The Labute approximate surface area is 117 Å². The number of ether oxygens (including phenoxy) is 1. The Morgan fingerprint density at radius 1 is 1.15 bits per heavy atom. The van der Waals surface area contributed by atoms with Gasteiger partial charge in [0.25, 0.3) is 0 Å². The van der Waals surface area contributed by atoms with Gasteiger partial charge in [0.2, 0.25) is 5.91 Å². The Morgan fingerprint density at radius 3 is 2.35 bits per heavy atom. The third-order valence-corrected chi connectivity index (χ3v) is 4.59. The maximum absolute atomic E-state index is 11.9. The molecule has 2 aliphatic carbocycles. The van der Waals surface area contributed by atoms with Gasteiger partial charge in [0, 0.05) is 6.04 Å². The molecule has 1 atom stereocenters. The van der Waals surface area contributed by atoms with Gasteiger partial charge in [-0.1, -0.05) is 25.7 Å². The number of amides is 1. The van der Waals surface area contributed by atoms with Crippen molar-refractivity contribution in [2.45, 2.75) is 63.6 Å². The first-order valence-electron chi connectivity index (χ1n) is 7.35. The quantitative estimate of drug-likeness (QED) is 0.864. The lowest BCUT2D eigenvalue weighted by atomic mass is 9.69. The second-order valence-corrected chi connectivity index (χ2v) is 6.04. The van der Waals surface area contributed by atoms with Crippen molar-refractivity contribution in [3.8, 4) is 0 Å². The minimum Gasteiger partial charge on any atom is -0.362 e. The summed E-state index contributed by atoms with van der Waals surface area (Å²) in [5, 5.41) is 2.91. The zero-order chi connectivity index (χ0) is 14.6. The maximum atomic E-state index is 11.9. The van der Waals surface area contributed by atoms with Crippen molar-refractivity contribution >= 4 is 5.91 Å². The van der Waals surface area contributed by atoms with Crippen molar-refractivity contribution in [3.05, 3.63) is 0 Å². The second-order valence-electron chi connectivity index (χ2n) is 6.04. The Bertz CT molecular complexity index is 338.